The van der Waals surface area contributed by atoms with Crippen molar-refractivity contribution in [3.8, 4) is 11.5 Å². The van der Waals surface area contributed by atoms with Gasteiger partial charge < -0.3 is 14.8 Å². The van der Waals surface area contributed by atoms with Gasteiger partial charge in [0.05, 0.1) is 19.1 Å². The van der Waals surface area contributed by atoms with Gasteiger partial charge in [-0.2, -0.15) is 17.9 Å². The number of nitrogens with zero attached hydrogens (tertiary/aromatic N) is 1. The number of hydrogen-bond donors (Lipinski definition) is 2. The van der Waals surface area contributed by atoms with Crippen molar-refractivity contribution in [3.05, 3.63) is 53.1 Å². The molecule has 0 bridgehead atoms. The number of nitrogens with one attached hydrogen (secondary N) is 2. The maximum atomic E-state index is 14.0. The summed E-state index contributed by atoms with van der Waals surface area (Å²) in [7, 11) is -2.07. The van der Waals surface area contributed by atoms with Crippen LogP contribution in [-0.2, 0) is 21.2 Å². The molecule has 3 rings (SSSR count). The van der Waals surface area contributed by atoms with Crippen LogP contribution in [0.2, 0.25) is 5.02 Å². The van der Waals surface area contributed by atoms with Gasteiger partial charge in [0.1, 0.15) is 0 Å². The van der Waals surface area contributed by atoms with Crippen LogP contribution in [-0.4, -0.2) is 57.9 Å². The van der Waals surface area contributed by atoms with E-state index in [1.807, 2.05) is 0 Å². The average Bonchev–Trinajstić information content (AvgIpc) is 3.01. The molecule has 2 N–H and O–H groups in total. The first-order valence-electron chi connectivity index (χ1n) is 9.56. The van der Waals surface area contributed by atoms with Gasteiger partial charge in [0.2, 0.25) is 10.0 Å². The standard InChI is InChI=1S/C20H19ClF3N3O6S/c1-32-15-8-3-12(11-16(15)33-2)9-10-27-17(28)19(20(22,23)24,25-18(27)29)26-34(30,31)14-6-4-13(21)5-7-14/h3-8,11,26H,9-10H2,1-2H3,(H,25,29)/t19-/m0/s1. The second-order valence-corrected chi connectivity index (χ2v) is 9.25. The number of halogens is 4. The number of benzene rings is 2. The van der Waals surface area contributed by atoms with Gasteiger partial charge in [-0.1, -0.05) is 17.7 Å². The Morgan fingerprint density at radius 1 is 1.06 bits per heavy atom. The fraction of sp³-hybridized carbons (Fsp3) is 0.300. The number of hydrogen-bond acceptors (Lipinski definition) is 6. The normalized spacial score (nSPS) is 18.7. The van der Waals surface area contributed by atoms with Crippen molar-refractivity contribution in [1.29, 1.82) is 0 Å². The number of sulfonamides is 1. The lowest BCUT2D eigenvalue weighted by Crippen LogP contribution is -2.69. The molecule has 1 fully saturated rings. The van der Waals surface area contributed by atoms with Crippen LogP contribution < -0.4 is 19.5 Å². The molecule has 3 amide bonds. The van der Waals surface area contributed by atoms with E-state index >= 15 is 0 Å². The molecule has 1 atom stereocenters. The van der Waals surface area contributed by atoms with Crippen LogP contribution in [0.25, 0.3) is 0 Å². The summed E-state index contributed by atoms with van der Waals surface area (Å²) in [4.78, 5) is 24.9. The maximum Gasteiger partial charge on any atom is 0.435 e. The summed E-state index contributed by atoms with van der Waals surface area (Å²) in [6.45, 7) is -0.458. The van der Waals surface area contributed by atoms with Crippen LogP contribution in [0.5, 0.6) is 11.5 Å². The van der Waals surface area contributed by atoms with Crippen molar-refractivity contribution in [2.24, 2.45) is 0 Å². The topological polar surface area (TPSA) is 114 Å². The summed E-state index contributed by atoms with van der Waals surface area (Å²) in [6.07, 6.45) is -5.52. The number of ether oxygens (including phenoxy) is 2. The van der Waals surface area contributed by atoms with Crippen molar-refractivity contribution < 1.29 is 40.7 Å². The third-order valence-electron chi connectivity index (χ3n) is 5.01. The Morgan fingerprint density at radius 3 is 2.24 bits per heavy atom. The highest BCUT2D eigenvalue weighted by atomic mass is 35.5. The van der Waals surface area contributed by atoms with Crippen LogP contribution >= 0.6 is 11.6 Å². The number of urea groups is 1. The number of methoxy groups -OCH3 is 2. The lowest BCUT2D eigenvalue weighted by Gasteiger charge is -2.29. The van der Waals surface area contributed by atoms with E-state index in [-0.39, 0.29) is 11.4 Å². The molecule has 0 radical (unpaired) electrons. The second-order valence-electron chi connectivity index (χ2n) is 7.13. The lowest BCUT2D eigenvalue weighted by molar-refractivity contribution is -0.198. The molecule has 14 heteroatoms. The quantitative estimate of drug-likeness (QED) is 0.516. The van der Waals surface area contributed by atoms with E-state index < -0.39 is 45.2 Å². The molecule has 9 nitrogen and oxygen atoms in total. The van der Waals surface area contributed by atoms with E-state index in [1.54, 1.807) is 12.1 Å². The minimum absolute atomic E-state index is 0.0304. The minimum Gasteiger partial charge on any atom is -0.493 e. The summed E-state index contributed by atoms with van der Waals surface area (Å²) in [6, 6.07) is 7.51. The summed E-state index contributed by atoms with van der Waals surface area (Å²) >= 11 is 5.69. The van der Waals surface area contributed by atoms with E-state index in [0.29, 0.717) is 22.0 Å². The zero-order valence-corrected chi connectivity index (χ0v) is 19.3. The first-order chi connectivity index (χ1) is 15.8. The number of carbonyl (C=O) groups is 2. The van der Waals surface area contributed by atoms with E-state index in [4.69, 9.17) is 21.1 Å². The zero-order chi connectivity index (χ0) is 25.3. The van der Waals surface area contributed by atoms with Gasteiger partial charge >= 0.3 is 12.2 Å². The van der Waals surface area contributed by atoms with Gasteiger partial charge in [-0.25, -0.2) is 13.2 Å². The van der Waals surface area contributed by atoms with Crippen LogP contribution in [0, 0.1) is 0 Å². The first-order valence-corrected chi connectivity index (χ1v) is 11.4. The number of amides is 3. The molecule has 2 aromatic carbocycles. The monoisotopic (exact) mass is 521 g/mol. The second kappa shape index (κ2) is 9.31. The Balaban J connectivity index is 1.87. The molecule has 34 heavy (non-hydrogen) atoms. The largest absolute Gasteiger partial charge is 0.493 e. The SMILES string of the molecule is COc1ccc(CCN2C(=O)N[C@@](NS(=O)(=O)c3ccc(Cl)cc3)(C(F)(F)F)C2=O)cc1OC. The smallest absolute Gasteiger partial charge is 0.435 e. The predicted octanol–water partition coefficient (Wildman–Crippen LogP) is 2.69. The number of rotatable bonds is 8. The lowest BCUT2D eigenvalue weighted by atomic mass is 10.1. The predicted molar refractivity (Wildman–Crippen MR) is 114 cm³/mol. The van der Waals surface area contributed by atoms with Crippen molar-refractivity contribution >= 4 is 33.6 Å². The molecule has 1 heterocycles. The summed E-state index contributed by atoms with van der Waals surface area (Å²) in [5, 5.41) is 1.62. The highest BCUT2D eigenvalue weighted by molar-refractivity contribution is 7.89. The van der Waals surface area contributed by atoms with Gasteiger partial charge in [-0.15, -0.1) is 0 Å². The van der Waals surface area contributed by atoms with Gasteiger partial charge in [0.15, 0.2) is 11.5 Å². The van der Waals surface area contributed by atoms with E-state index in [2.05, 4.69) is 0 Å². The van der Waals surface area contributed by atoms with Crippen molar-refractivity contribution in [2.45, 2.75) is 23.2 Å². The Bertz CT molecular complexity index is 1210. The fourth-order valence-electron chi connectivity index (χ4n) is 3.25. The first kappa shape index (κ1) is 25.6. The summed E-state index contributed by atoms with van der Waals surface area (Å²) in [5.41, 5.74) is -3.34. The van der Waals surface area contributed by atoms with Crippen LogP contribution in [0.4, 0.5) is 18.0 Å². The van der Waals surface area contributed by atoms with Gasteiger partial charge in [-0.3, -0.25) is 9.69 Å². The van der Waals surface area contributed by atoms with Gasteiger partial charge in [-0.05, 0) is 48.4 Å². The van der Waals surface area contributed by atoms with E-state index in [0.717, 1.165) is 24.3 Å². The van der Waals surface area contributed by atoms with Crippen molar-refractivity contribution in [2.75, 3.05) is 20.8 Å². The minimum atomic E-state index is -5.49. The summed E-state index contributed by atoms with van der Waals surface area (Å²) < 4.78 is 78.9. The summed E-state index contributed by atoms with van der Waals surface area (Å²) in [5.74, 6) is -1.05. The molecule has 0 unspecified atom stereocenters. The Hall–Kier alpha value is -3.03. The highest BCUT2D eigenvalue weighted by Gasteiger charge is 2.69. The Morgan fingerprint density at radius 2 is 1.68 bits per heavy atom. The third kappa shape index (κ3) is 4.76. The van der Waals surface area contributed by atoms with Crippen LogP contribution in [0.3, 0.4) is 0 Å². The van der Waals surface area contributed by atoms with Crippen molar-refractivity contribution in [1.82, 2.24) is 14.9 Å². The van der Waals surface area contributed by atoms with E-state index in [1.165, 1.54) is 30.3 Å². The average molecular weight is 522 g/mol. The Kier molecular flexibility index (Phi) is 7.01. The van der Waals surface area contributed by atoms with Crippen LogP contribution in [0.15, 0.2) is 47.4 Å². The molecule has 0 saturated carbocycles. The van der Waals surface area contributed by atoms with Crippen molar-refractivity contribution in [3.63, 3.8) is 0 Å². The number of alkyl halides is 3. The molecule has 184 valence electrons. The van der Waals surface area contributed by atoms with E-state index in [9.17, 15) is 31.2 Å². The third-order valence-corrected chi connectivity index (χ3v) is 6.73. The maximum absolute atomic E-state index is 14.0. The number of carbonyl (C=O) groups excluding carboxylic acids is 2. The molecular weight excluding hydrogens is 503 g/mol. The fourth-order valence-corrected chi connectivity index (χ4v) is 4.64. The van der Waals surface area contributed by atoms with Gasteiger partial charge in [0, 0.05) is 11.6 Å². The molecule has 1 aliphatic heterocycles. The highest BCUT2D eigenvalue weighted by Crippen LogP contribution is 2.35. The molecule has 1 saturated heterocycles. The molecule has 0 spiro atoms. The molecule has 0 aromatic heterocycles. The molecule has 1 aliphatic rings. The zero-order valence-electron chi connectivity index (χ0n) is 17.8. The molecular formula is C20H19ClF3N3O6S. The Labute approximate surface area is 197 Å². The molecule has 0 aliphatic carbocycles. The number of imide groups is 1. The molecule has 2 aromatic rings. The van der Waals surface area contributed by atoms with Crippen LogP contribution in [0.1, 0.15) is 5.56 Å². The van der Waals surface area contributed by atoms with Gasteiger partial charge in [0.25, 0.3) is 11.6 Å².